The van der Waals surface area contributed by atoms with Gasteiger partial charge in [0.1, 0.15) is 6.04 Å². The lowest BCUT2D eigenvalue weighted by atomic mass is 10.0. The van der Waals surface area contributed by atoms with E-state index in [9.17, 15) is 4.79 Å². The number of hydrogen-bond donors (Lipinski definition) is 3. The van der Waals surface area contributed by atoms with Gasteiger partial charge in [0.05, 0.1) is 0 Å². The van der Waals surface area contributed by atoms with Gasteiger partial charge in [-0.05, 0) is 41.8 Å². The van der Waals surface area contributed by atoms with E-state index in [1.165, 1.54) is 0 Å². The molecule has 1 aliphatic heterocycles. The predicted octanol–water partition coefficient (Wildman–Crippen LogP) is 3.33. The van der Waals surface area contributed by atoms with Crippen molar-refractivity contribution in [1.82, 2.24) is 16.2 Å². The highest BCUT2D eigenvalue weighted by molar-refractivity contribution is 9.10. The number of carbonyl (C=O) groups is 1. The summed E-state index contributed by atoms with van der Waals surface area (Å²) in [4.78, 5) is 12.3. The molecule has 2 aromatic carbocycles. The molecule has 6 heteroatoms. The Morgan fingerprint density at radius 1 is 1.22 bits per heavy atom. The van der Waals surface area contributed by atoms with Gasteiger partial charge in [-0.25, -0.2) is 10.9 Å². The minimum atomic E-state index is -0.258. The van der Waals surface area contributed by atoms with Gasteiger partial charge in [-0.15, -0.1) is 0 Å². The van der Waals surface area contributed by atoms with Crippen molar-refractivity contribution in [2.24, 2.45) is 0 Å². The fourth-order valence-electron chi connectivity index (χ4n) is 2.63. The summed E-state index contributed by atoms with van der Waals surface area (Å²) in [5, 5.41) is 3.66. The van der Waals surface area contributed by atoms with Crippen LogP contribution in [-0.2, 0) is 11.3 Å². The number of hydrogen-bond acceptors (Lipinski definition) is 3. The molecule has 1 aliphatic rings. The standard InChI is InChI=1S/C17H17BrClN3O/c18-13-5-1-3-11(7-13)10-20-17(23)16-9-15(21-22-16)12-4-2-6-14(19)8-12/h1-8,15-16,21-22H,9-10H2,(H,20,23). The third kappa shape index (κ3) is 4.32. The Morgan fingerprint density at radius 3 is 2.83 bits per heavy atom. The Hall–Kier alpha value is -1.40. The zero-order valence-electron chi connectivity index (χ0n) is 12.4. The van der Waals surface area contributed by atoms with E-state index in [-0.39, 0.29) is 18.0 Å². The van der Waals surface area contributed by atoms with Crippen LogP contribution >= 0.6 is 27.5 Å². The van der Waals surface area contributed by atoms with Crippen molar-refractivity contribution >= 4 is 33.4 Å². The summed E-state index contributed by atoms with van der Waals surface area (Å²) in [7, 11) is 0. The van der Waals surface area contributed by atoms with E-state index in [1.807, 2.05) is 48.5 Å². The lowest BCUT2D eigenvalue weighted by Crippen LogP contribution is -2.42. The van der Waals surface area contributed by atoms with E-state index in [0.717, 1.165) is 15.6 Å². The first kappa shape index (κ1) is 16.5. The second kappa shape index (κ2) is 7.45. The smallest absolute Gasteiger partial charge is 0.238 e. The van der Waals surface area contributed by atoms with Crippen molar-refractivity contribution in [1.29, 1.82) is 0 Å². The van der Waals surface area contributed by atoms with Gasteiger partial charge in [-0.3, -0.25) is 4.79 Å². The van der Waals surface area contributed by atoms with Crippen LogP contribution in [0.4, 0.5) is 0 Å². The summed E-state index contributed by atoms with van der Waals surface area (Å²) in [5.74, 6) is -0.0120. The first-order valence-electron chi connectivity index (χ1n) is 7.40. The fraction of sp³-hybridized carbons (Fsp3) is 0.235. The molecule has 0 aromatic heterocycles. The van der Waals surface area contributed by atoms with E-state index in [2.05, 4.69) is 32.1 Å². The molecule has 2 aromatic rings. The SMILES string of the molecule is O=C(NCc1cccc(Br)c1)C1CC(c2cccc(Cl)c2)NN1. The third-order valence-corrected chi connectivity index (χ3v) is 4.55. The number of carbonyl (C=O) groups excluding carboxylic acids is 1. The van der Waals surface area contributed by atoms with Gasteiger partial charge in [-0.1, -0.05) is 51.8 Å². The maximum Gasteiger partial charge on any atom is 0.238 e. The highest BCUT2D eigenvalue weighted by atomic mass is 79.9. The Kier molecular flexibility index (Phi) is 5.33. The second-order valence-corrected chi connectivity index (χ2v) is 6.88. The van der Waals surface area contributed by atoms with Crippen LogP contribution in [0.15, 0.2) is 53.0 Å². The highest BCUT2D eigenvalue weighted by Gasteiger charge is 2.29. The summed E-state index contributed by atoms with van der Waals surface area (Å²) in [6, 6.07) is 15.4. The molecule has 0 saturated carbocycles. The minimum Gasteiger partial charge on any atom is -0.351 e. The van der Waals surface area contributed by atoms with Gasteiger partial charge in [0.25, 0.3) is 0 Å². The summed E-state index contributed by atoms with van der Waals surface area (Å²) in [6.45, 7) is 0.512. The molecule has 0 aliphatic carbocycles. The van der Waals surface area contributed by atoms with Crippen molar-refractivity contribution in [3.8, 4) is 0 Å². The van der Waals surface area contributed by atoms with E-state index in [1.54, 1.807) is 0 Å². The van der Waals surface area contributed by atoms with Gasteiger partial charge < -0.3 is 5.32 Å². The molecule has 2 atom stereocenters. The van der Waals surface area contributed by atoms with Gasteiger partial charge >= 0.3 is 0 Å². The highest BCUT2D eigenvalue weighted by Crippen LogP contribution is 2.24. The lowest BCUT2D eigenvalue weighted by molar-refractivity contribution is -0.123. The number of rotatable bonds is 4. The van der Waals surface area contributed by atoms with Crippen molar-refractivity contribution in [2.75, 3.05) is 0 Å². The summed E-state index contributed by atoms with van der Waals surface area (Å²) in [6.07, 6.45) is 0.685. The Bertz CT molecular complexity index is 710. The molecule has 3 N–H and O–H groups in total. The normalized spacial score (nSPS) is 20.4. The maximum atomic E-state index is 12.3. The zero-order chi connectivity index (χ0) is 16.2. The van der Waals surface area contributed by atoms with E-state index >= 15 is 0 Å². The number of halogens is 2. The Labute approximate surface area is 148 Å². The molecule has 1 fully saturated rings. The summed E-state index contributed by atoms with van der Waals surface area (Å²) in [5.41, 5.74) is 8.36. The summed E-state index contributed by atoms with van der Waals surface area (Å²) >= 11 is 9.45. The molecule has 0 bridgehead atoms. The summed E-state index contributed by atoms with van der Waals surface area (Å²) < 4.78 is 1.01. The molecule has 4 nitrogen and oxygen atoms in total. The monoisotopic (exact) mass is 393 g/mol. The molecule has 0 spiro atoms. The first-order valence-corrected chi connectivity index (χ1v) is 8.57. The average molecular weight is 395 g/mol. The molecule has 120 valence electrons. The van der Waals surface area contributed by atoms with Crippen LogP contribution in [-0.4, -0.2) is 11.9 Å². The molecule has 1 amide bonds. The number of amides is 1. The van der Waals surface area contributed by atoms with Gasteiger partial charge in [-0.2, -0.15) is 0 Å². The quantitative estimate of drug-likeness (QED) is 0.745. The van der Waals surface area contributed by atoms with E-state index in [4.69, 9.17) is 11.6 Å². The van der Waals surface area contributed by atoms with E-state index in [0.29, 0.717) is 18.0 Å². The van der Waals surface area contributed by atoms with Crippen molar-refractivity contribution in [2.45, 2.75) is 25.0 Å². The van der Waals surface area contributed by atoms with Crippen LogP contribution in [0, 0.1) is 0 Å². The van der Waals surface area contributed by atoms with Crippen molar-refractivity contribution in [3.63, 3.8) is 0 Å². The molecule has 0 radical (unpaired) electrons. The average Bonchev–Trinajstić information content (AvgIpc) is 3.03. The molecule has 3 rings (SSSR count). The molecular formula is C17H17BrClN3O. The molecule has 1 heterocycles. The Balaban J connectivity index is 1.55. The number of benzene rings is 2. The van der Waals surface area contributed by atoms with Crippen LogP contribution in [0.25, 0.3) is 0 Å². The van der Waals surface area contributed by atoms with E-state index < -0.39 is 0 Å². The van der Waals surface area contributed by atoms with Crippen LogP contribution in [0.3, 0.4) is 0 Å². The maximum absolute atomic E-state index is 12.3. The lowest BCUT2D eigenvalue weighted by Gasteiger charge is -2.11. The Morgan fingerprint density at radius 2 is 2.04 bits per heavy atom. The molecular weight excluding hydrogens is 378 g/mol. The molecule has 2 unspecified atom stereocenters. The first-order chi connectivity index (χ1) is 11.1. The second-order valence-electron chi connectivity index (χ2n) is 5.53. The van der Waals surface area contributed by atoms with Crippen LogP contribution in [0.1, 0.15) is 23.6 Å². The third-order valence-electron chi connectivity index (χ3n) is 3.83. The van der Waals surface area contributed by atoms with Gasteiger partial charge in [0.2, 0.25) is 5.91 Å². The minimum absolute atomic E-state index is 0.0120. The predicted molar refractivity (Wildman–Crippen MR) is 94.9 cm³/mol. The number of nitrogens with one attached hydrogen (secondary N) is 3. The zero-order valence-corrected chi connectivity index (χ0v) is 14.7. The van der Waals surface area contributed by atoms with Crippen molar-refractivity contribution in [3.05, 3.63) is 69.2 Å². The largest absolute Gasteiger partial charge is 0.351 e. The van der Waals surface area contributed by atoms with Crippen molar-refractivity contribution < 1.29 is 4.79 Å². The van der Waals surface area contributed by atoms with Gasteiger partial charge in [0.15, 0.2) is 0 Å². The number of hydrazine groups is 1. The van der Waals surface area contributed by atoms with Crippen LogP contribution < -0.4 is 16.2 Å². The molecule has 23 heavy (non-hydrogen) atoms. The molecule has 1 saturated heterocycles. The van der Waals surface area contributed by atoms with Crippen LogP contribution in [0.2, 0.25) is 5.02 Å². The van der Waals surface area contributed by atoms with Gasteiger partial charge in [0, 0.05) is 22.1 Å². The fourth-order valence-corrected chi connectivity index (χ4v) is 3.27. The van der Waals surface area contributed by atoms with Crippen LogP contribution in [0.5, 0.6) is 0 Å². The topological polar surface area (TPSA) is 53.2 Å².